The first-order valence-corrected chi connectivity index (χ1v) is 22.2. The quantitative estimate of drug-likeness (QED) is 0.141. The standard InChI is InChI=1S/C44H28N2S.C8H10O.C7H8/c1-27-21-23-28(24-22-27)45-37-17-6-3-12-30(37)32-25-42-36(26-40(32)45)44(34-15-5-9-20-41(34)47-42)33-14-4-8-19-39(33)46-38-18-7-2-11-29(38)31-13-10-16-35(44)43(31)46;1-2-3-4-5-6-7-8-9;1-7-5-3-2-4-6-7/h2-26H,1H3;2-9H,1H2;2-6H,1H3/b;4-3-,6-5-,8-7?;. The van der Waals surface area contributed by atoms with Crippen LogP contribution in [0.3, 0.4) is 0 Å². The highest BCUT2D eigenvalue weighted by molar-refractivity contribution is 7.99. The molecule has 0 saturated heterocycles. The Morgan fingerprint density at radius 1 is 0.460 bits per heavy atom. The van der Waals surface area contributed by atoms with Gasteiger partial charge in [0.1, 0.15) is 0 Å². The molecular weight excluding hydrogens is 785 g/mol. The predicted octanol–water partition coefficient (Wildman–Crippen LogP) is 15.7. The van der Waals surface area contributed by atoms with Gasteiger partial charge in [-0.3, -0.25) is 0 Å². The molecule has 3 nitrogen and oxygen atoms in total. The molecule has 1 unspecified atom stereocenters. The van der Waals surface area contributed by atoms with Gasteiger partial charge in [0.25, 0.3) is 0 Å². The second-order valence-corrected chi connectivity index (χ2v) is 17.1. The van der Waals surface area contributed by atoms with Gasteiger partial charge < -0.3 is 14.2 Å². The summed E-state index contributed by atoms with van der Waals surface area (Å²) in [5.41, 5.74) is 14.9. The lowest BCUT2D eigenvalue weighted by Crippen LogP contribution is -2.37. The number of hydrogen-bond donors (Lipinski definition) is 1. The molecule has 0 amide bonds. The fraction of sp³-hybridized carbons (Fsp3) is 0.0508. The summed E-state index contributed by atoms with van der Waals surface area (Å²) in [6, 6.07) is 67.2. The molecule has 2 aliphatic rings. The molecule has 63 heavy (non-hydrogen) atoms. The van der Waals surface area contributed by atoms with Crippen molar-refractivity contribution in [1.29, 1.82) is 0 Å². The third-order valence-corrected chi connectivity index (χ3v) is 13.4. The van der Waals surface area contributed by atoms with Crippen molar-refractivity contribution in [3.05, 3.63) is 265 Å². The number of para-hydroxylation sites is 4. The Labute approximate surface area is 372 Å². The van der Waals surface area contributed by atoms with E-state index < -0.39 is 5.41 Å². The average molecular weight is 831 g/mol. The molecule has 0 aliphatic carbocycles. The molecule has 4 heterocycles. The maximum Gasteiger partial charge on any atom is 0.0791 e. The minimum absolute atomic E-state index is 0.500. The number of aliphatic hydroxyl groups excluding tert-OH is 1. The van der Waals surface area contributed by atoms with E-state index in [4.69, 9.17) is 5.11 Å². The Hall–Kier alpha value is -7.53. The molecular formula is C59H46N2OS. The van der Waals surface area contributed by atoms with E-state index in [9.17, 15) is 0 Å². The highest BCUT2D eigenvalue weighted by Crippen LogP contribution is 2.61. The highest BCUT2D eigenvalue weighted by atomic mass is 32.2. The first kappa shape index (κ1) is 39.6. The number of fused-ring (bicyclic) bond motifs is 14. The molecule has 1 N–H and O–H groups in total. The second-order valence-electron chi connectivity index (χ2n) is 16.0. The summed E-state index contributed by atoms with van der Waals surface area (Å²) in [7, 11) is 0. The van der Waals surface area contributed by atoms with Crippen molar-refractivity contribution < 1.29 is 5.11 Å². The number of aliphatic hydroxyl groups is 1. The summed E-state index contributed by atoms with van der Waals surface area (Å²) < 4.78 is 4.99. The Morgan fingerprint density at radius 2 is 1.05 bits per heavy atom. The molecule has 1 atom stereocenters. The Balaban J connectivity index is 0.000000251. The van der Waals surface area contributed by atoms with Gasteiger partial charge in [-0.15, -0.1) is 0 Å². The van der Waals surface area contributed by atoms with Crippen LogP contribution in [-0.2, 0) is 5.41 Å². The van der Waals surface area contributed by atoms with Crippen LogP contribution in [0.5, 0.6) is 0 Å². The number of nitrogens with zero attached hydrogens (tertiary/aromatic N) is 2. The topological polar surface area (TPSA) is 30.1 Å². The minimum Gasteiger partial charge on any atom is -0.516 e. The predicted molar refractivity (Wildman–Crippen MR) is 267 cm³/mol. The third-order valence-electron chi connectivity index (χ3n) is 12.2. The van der Waals surface area contributed by atoms with Crippen LogP contribution in [0.1, 0.15) is 33.4 Å². The zero-order chi connectivity index (χ0) is 42.9. The van der Waals surface area contributed by atoms with Gasteiger partial charge in [0.15, 0.2) is 0 Å². The molecule has 10 aromatic rings. The molecule has 1 spiro atoms. The van der Waals surface area contributed by atoms with E-state index in [1.807, 2.05) is 42.1 Å². The molecule has 0 fully saturated rings. The SMILES string of the molecule is C=C/C=C\C=C/C=CO.Cc1ccc(-n2c3ccccc3c3cc4c(cc32)C2(c3ccccc3S4)c3ccccc3-n3c4ccccc4c4cccc2c43)cc1.Cc1ccccc1. The largest absolute Gasteiger partial charge is 0.516 e. The lowest BCUT2D eigenvalue weighted by atomic mass is 9.62. The van der Waals surface area contributed by atoms with Gasteiger partial charge in [-0.1, -0.05) is 193 Å². The molecule has 4 heteroatoms. The smallest absolute Gasteiger partial charge is 0.0791 e. The molecule has 0 saturated carbocycles. The Morgan fingerprint density at radius 3 is 1.78 bits per heavy atom. The van der Waals surface area contributed by atoms with Crippen LogP contribution < -0.4 is 0 Å². The number of aromatic nitrogens is 2. The summed E-state index contributed by atoms with van der Waals surface area (Å²) >= 11 is 1.91. The van der Waals surface area contributed by atoms with Gasteiger partial charge in [0.05, 0.1) is 39.4 Å². The van der Waals surface area contributed by atoms with Crippen LogP contribution in [0.4, 0.5) is 0 Å². The van der Waals surface area contributed by atoms with Crippen molar-refractivity contribution in [2.45, 2.75) is 29.1 Å². The first-order valence-electron chi connectivity index (χ1n) is 21.4. The van der Waals surface area contributed by atoms with Crippen LogP contribution in [0.25, 0.3) is 55.0 Å². The van der Waals surface area contributed by atoms with E-state index in [1.54, 1.807) is 18.2 Å². The van der Waals surface area contributed by atoms with Gasteiger partial charge in [-0.2, -0.15) is 0 Å². The summed E-state index contributed by atoms with van der Waals surface area (Å²) in [4.78, 5) is 2.64. The number of allylic oxidation sites excluding steroid dienone is 6. The van der Waals surface area contributed by atoms with Crippen molar-refractivity contribution >= 4 is 55.4 Å². The second kappa shape index (κ2) is 16.7. The molecule has 12 rings (SSSR count). The van der Waals surface area contributed by atoms with Crippen molar-refractivity contribution in [3.63, 3.8) is 0 Å². The maximum absolute atomic E-state index is 8.15. The molecule has 2 aliphatic heterocycles. The summed E-state index contributed by atoms with van der Waals surface area (Å²) in [5.74, 6) is 0. The Bertz CT molecular complexity index is 3420. The van der Waals surface area contributed by atoms with E-state index in [-0.39, 0.29) is 0 Å². The van der Waals surface area contributed by atoms with Crippen molar-refractivity contribution in [1.82, 2.24) is 9.13 Å². The van der Waals surface area contributed by atoms with Gasteiger partial charge in [-0.25, -0.2) is 0 Å². The van der Waals surface area contributed by atoms with E-state index >= 15 is 0 Å². The lowest BCUT2D eigenvalue weighted by Gasteiger charge is -2.45. The first-order chi connectivity index (χ1) is 31.0. The minimum atomic E-state index is -0.500. The van der Waals surface area contributed by atoms with E-state index in [0.29, 0.717) is 0 Å². The van der Waals surface area contributed by atoms with Crippen LogP contribution in [0, 0.1) is 13.8 Å². The number of aryl methyl sites for hydroxylation is 2. The monoisotopic (exact) mass is 830 g/mol. The Kier molecular flexibility index (Phi) is 10.5. The number of rotatable bonds is 4. The third kappa shape index (κ3) is 6.62. The molecule has 0 radical (unpaired) electrons. The zero-order valence-corrected chi connectivity index (χ0v) is 36.1. The summed E-state index contributed by atoms with van der Waals surface area (Å²) in [5, 5.41) is 13.3. The van der Waals surface area contributed by atoms with Gasteiger partial charge in [0, 0.05) is 37.0 Å². The number of benzene rings is 8. The summed E-state index contributed by atoms with van der Waals surface area (Å²) in [6.45, 7) is 7.73. The van der Waals surface area contributed by atoms with Crippen molar-refractivity contribution in [2.24, 2.45) is 0 Å². The fourth-order valence-electron chi connectivity index (χ4n) is 9.61. The average Bonchev–Trinajstić information content (AvgIpc) is 3.84. The van der Waals surface area contributed by atoms with E-state index in [0.717, 1.165) is 6.26 Å². The van der Waals surface area contributed by atoms with Crippen LogP contribution in [0.2, 0.25) is 0 Å². The van der Waals surface area contributed by atoms with Crippen molar-refractivity contribution in [2.75, 3.05) is 0 Å². The van der Waals surface area contributed by atoms with Crippen LogP contribution >= 0.6 is 11.8 Å². The van der Waals surface area contributed by atoms with Gasteiger partial charge in [-0.05, 0) is 90.7 Å². The van der Waals surface area contributed by atoms with E-state index in [1.165, 1.54) is 104 Å². The van der Waals surface area contributed by atoms with Crippen LogP contribution in [0.15, 0.2) is 241 Å². The molecule has 2 aromatic heterocycles. The zero-order valence-electron chi connectivity index (χ0n) is 35.3. The van der Waals surface area contributed by atoms with Gasteiger partial charge in [0.2, 0.25) is 0 Å². The number of hydrogen-bond acceptors (Lipinski definition) is 2. The lowest BCUT2D eigenvalue weighted by molar-refractivity contribution is 0.474. The molecule has 0 bridgehead atoms. The van der Waals surface area contributed by atoms with E-state index in [2.05, 4.69) is 193 Å². The van der Waals surface area contributed by atoms with Crippen molar-refractivity contribution in [3.8, 4) is 11.4 Å². The normalized spacial score (nSPS) is 14.8. The van der Waals surface area contributed by atoms with Gasteiger partial charge >= 0.3 is 0 Å². The fourth-order valence-corrected chi connectivity index (χ4v) is 10.8. The summed E-state index contributed by atoms with van der Waals surface area (Å²) in [6.07, 6.45) is 11.4. The van der Waals surface area contributed by atoms with Crippen LogP contribution in [-0.4, -0.2) is 14.2 Å². The maximum atomic E-state index is 8.15. The molecule has 8 aromatic carbocycles. The molecule has 304 valence electrons. The highest BCUT2D eigenvalue weighted by Gasteiger charge is 2.49.